The Hall–Kier alpha value is -2.43. The van der Waals surface area contributed by atoms with E-state index < -0.39 is 0 Å². The number of amides is 1. The maximum atomic E-state index is 12.2. The van der Waals surface area contributed by atoms with Gasteiger partial charge in [0.15, 0.2) is 0 Å². The van der Waals surface area contributed by atoms with Crippen LogP contribution in [0.25, 0.3) is 0 Å². The largest absolute Gasteiger partial charge is 0.370 e. The Morgan fingerprint density at radius 1 is 1.12 bits per heavy atom. The lowest BCUT2D eigenvalue weighted by molar-refractivity contribution is 0.0953. The van der Waals surface area contributed by atoms with Gasteiger partial charge in [-0.2, -0.15) is 0 Å². The van der Waals surface area contributed by atoms with Gasteiger partial charge < -0.3 is 10.6 Å². The molecule has 3 rings (SSSR count). The lowest BCUT2D eigenvalue weighted by atomic mass is 9.95. The third kappa shape index (κ3) is 4.31. The molecule has 2 aromatic heterocycles. The predicted octanol–water partition coefficient (Wildman–Crippen LogP) is 2.90. The molecule has 126 valence electrons. The summed E-state index contributed by atoms with van der Waals surface area (Å²) in [7, 11) is 0. The molecule has 0 unspecified atom stereocenters. The fourth-order valence-corrected chi connectivity index (χ4v) is 2.89. The Morgan fingerprint density at radius 3 is 2.83 bits per heavy atom. The quantitative estimate of drug-likeness (QED) is 0.802. The van der Waals surface area contributed by atoms with E-state index >= 15 is 0 Å². The van der Waals surface area contributed by atoms with Gasteiger partial charge in [-0.3, -0.25) is 9.78 Å². The van der Waals surface area contributed by atoms with Gasteiger partial charge >= 0.3 is 0 Å². The highest BCUT2D eigenvalue weighted by Gasteiger charge is 2.13. The average Bonchev–Trinajstić information content (AvgIpc) is 2.62. The van der Waals surface area contributed by atoms with E-state index in [-0.39, 0.29) is 5.91 Å². The summed E-state index contributed by atoms with van der Waals surface area (Å²) in [5.41, 5.74) is 4.21. The standard InChI is InChI=1S/C19H24N4O/c1-14-7-8-18(23-12-14)20-9-4-10-21-19(24)16-11-15-5-2-3-6-17(15)22-13-16/h7-8,11-13H,2-6,9-10H2,1H3,(H,20,23)(H,21,24). The molecule has 2 heterocycles. The van der Waals surface area contributed by atoms with E-state index in [0.717, 1.165) is 42.9 Å². The molecule has 2 N–H and O–H groups in total. The van der Waals surface area contributed by atoms with E-state index in [1.165, 1.54) is 18.4 Å². The number of hydrogen-bond acceptors (Lipinski definition) is 4. The van der Waals surface area contributed by atoms with Crippen molar-refractivity contribution in [2.45, 2.75) is 39.0 Å². The third-order valence-electron chi connectivity index (χ3n) is 4.29. The van der Waals surface area contributed by atoms with Gasteiger partial charge in [0.25, 0.3) is 5.91 Å². The van der Waals surface area contributed by atoms with Crippen LogP contribution in [0, 0.1) is 6.92 Å². The number of rotatable bonds is 6. The molecule has 24 heavy (non-hydrogen) atoms. The topological polar surface area (TPSA) is 66.9 Å². The van der Waals surface area contributed by atoms with E-state index in [1.807, 2.05) is 31.3 Å². The van der Waals surface area contributed by atoms with Gasteiger partial charge in [0.2, 0.25) is 0 Å². The summed E-state index contributed by atoms with van der Waals surface area (Å²) < 4.78 is 0. The molecular formula is C19H24N4O. The number of carbonyl (C=O) groups excluding carboxylic acids is 1. The zero-order valence-corrected chi connectivity index (χ0v) is 14.1. The fourth-order valence-electron chi connectivity index (χ4n) is 2.89. The van der Waals surface area contributed by atoms with E-state index in [2.05, 4.69) is 20.6 Å². The molecule has 2 aromatic rings. The van der Waals surface area contributed by atoms with Gasteiger partial charge in [0.05, 0.1) is 5.56 Å². The Bertz CT molecular complexity index is 697. The Kier molecular flexibility index (Phi) is 5.41. The van der Waals surface area contributed by atoms with Crippen molar-refractivity contribution in [1.29, 1.82) is 0 Å². The van der Waals surface area contributed by atoms with Crippen molar-refractivity contribution >= 4 is 11.7 Å². The first kappa shape index (κ1) is 16.4. The van der Waals surface area contributed by atoms with Crippen LogP contribution in [0.4, 0.5) is 5.82 Å². The van der Waals surface area contributed by atoms with Gasteiger partial charge in [-0.15, -0.1) is 0 Å². The average molecular weight is 324 g/mol. The molecule has 5 heteroatoms. The summed E-state index contributed by atoms with van der Waals surface area (Å²) in [6.45, 7) is 3.43. The van der Waals surface area contributed by atoms with Gasteiger partial charge in [0, 0.05) is 31.2 Å². The van der Waals surface area contributed by atoms with Crippen LogP contribution in [-0.2, 0) is 12.8 Å². The highest BCUT2D eigenvalue weighted by molar-refractivity contribution is 5.94. The number of pyridine rings is 2. The molecule has 0 saturated heterocycles. The second-order valence-electron chi connectivity index (χ2n) is 6.29. The fraction of sp³-hybridized carbons (Fsp3) is 0.421. The number of hydrogen-bond donors (Lipinski definition) is 2. The molecule has 0 aliphatic heterocycles. The lowest BCUT2D eigenvalue weighted by Gasteiger charge is -2.15. The Labute approximate surface area is 142 Å². The predicted molar refractivity (Wildman–Crippen MR) is 95.3 cm³/mol. The minimum Gasteiger partial charge on any atom is -0.370 e. The number of aryl methyl sites for hydroxylation is 3. The molecule has 1 aliphatic carbocycles. The molecule has 0 fully saturated rings. The number of nitrogens with one attached hydrogen (secondary N) is 2. The number of fused-ring (bicyclic) bond motifs is 1. The van der Waals surface area contributed by atoms with Crippen LogP contribution < -0.4 is 10.6 Å². The van der Waals surface area contributed by atoms with Crippen LogP contribution >= 0.6 is 0 Å². The summed E-state index contributed by atoms with van der Waals surface area (Å²) in [5.74, 6) is 0.829. The van der Waals surface area contributed by atoms with E-state index in [4.69, 9.17) is 0 Å². The summed E-state index contributed by atoms with van der Waals surface area (Å²) in [4.78, 5) is 21.0. The highest BCUT2D eigenvalue weighted by atomic mass is 16.1. The van der Waals surface area contributed by atoms with Gasteiger partial charge in [-0.05, 0) is 62.3 Å². The van der Waals surface area contributed by atoms with E-state index in [9.17, 15) is 4.79 Å². The lowest BCUT2D eigenvalue weighted by Crippen LogP contribution is -2.26. The molecule has 0 aromatic carbocycles. The number of nitrogens with zero attached hydrogens (tertiary/aromatic N) is 2. The summed E-state index contributed by atoms with van der Waals surface area (Å²) >= 11 is 0. The molecule has 0 atom stereocenters. The van der Waals surface area contributed by atoms with Crippen molar-refractivity contribution in [3.63, 3.8) is 0 Å². The first-order valence-electron chi connectivity index (χ1n) is 8.65. The molecule has 0 radical (unpaired) electrons. The van der Waals surface area contributed by atoms with Crippen molar-refractivity contribution in [3.8, 4) is 0 Å². The summed E-state index contributed by atoms with van der Waals surface area (Å²) in [5, 5.41) is 6.21. The molecule has 1 amide bonds. The molecular weight excluding hydrogens is 300 g/mol. The maximum absolute atomic E-state index is 12.2. The molecule has 5 nitrogen and oxygen atoms in total. The molecule has 0 spiro atoms. The third-order valence-corrected chi connectivity index (χ3v) is 4.29. The minimum absolute atomic E-state index is 0.0377. The van der Waals surface area contributed by atoms with Crippen molar-refractivity contribution < 1.29 is 4.79 Å². The number of anilines is 1. The van der Waals surface area contributed by atoms with Crippen molar-refractivity contribution in [2.24, 2.45) is 0 Å². The number of aromatic nitrogens is 2. The van der Waals surface area contributed by atoms with Crippen molar-refractivity contribution in [2.75, 3.05) is 18.4 Å². The van der Waals surface area contributed by atoms with Crippen LogP contribution in [0.5, 0.6) is 0 Å². The smallest absolute Gasteiger partial charge is 0.252 e. The maximum Gasteiger partial charge on any atom is 0.252 e. The monoisotopic (exact) mass is 324 g/mol. The van der Waals surface area contributed by atoms with Gasteiger partial charge in [0.1, 0.15) is 5.82 Å². The highest BCUT2D eigenvalue weighted by Crippen LogP contribution is 2.19. The number of carbonyl (C=O) groups is 1. The summed E-state index contributed by atoms with van der Waals surface area (Å²) in [6, 6.07) is 6.00. The first-order valence-corrected chi connectivity index (χ1v) is 8.65. The van der Waals surface area contributed by atoms with Crippen LogP contribution in [0.3, 0.4) is 0 Å². The van der Waals surface area contributed by atoms with Gasteiger partial charge in [-0.1, -0.05) is 6.07 Å². The van der Waals surface area contributed by atoms with Crippen LogP contribution in [0.15, 0.2) is 30.6 Å². The molecule has 1 aliphatic rings. The van der Waals surface area contributed by atoms with Crippen LogP contribution in [-0.4, -0.2) is 29.0 Å². The van der Waals surface area contributed by atoms with Crippen LogP contribution in [0.1, 0.15) is 46.4 Å². The van der Waals surface area contributed by atoms with Crippen molar-refractivity contribution in [3.05, 3.63) is 53.0 Å². The Morgan fingerprint density at radius 2 is 2.00 bits per heavy atom. The SMILES string of the molecule is Cc1ccc(NCCCNC(=O)c2cnc3c(c2)CCCC3)nc1. The molecule has 0 bridgehead atoms. The van der Waals surface area contributed by atoms with Crippen molar-refractivity contribution in [1.82, 2.24) is 15.3 Å². The zero-order chi connectivity index (χ0) is 16.8. The first-order chi connectivity index (χ1) is 11.7. The second kappa shape index (κ2) is 7.90. The minimum atomic E-state index is -0.0377. The second-order valence-corrected chi connectivity index (χ2v) is 6.29. The van der Waals surface area contributed by atoms with Gasteiger partial charge in [-0.25, -0.2) is 4.98 Å². The normalized spacial score (nSPS) is 13.2. The van der Waals surface area contributed by atoms with E-state index in [0.29, 0.717) is 12.1 Å². The zero-order valence-electron chi connectivity index (χ0n) is 14.1. The van der Waals surface area contributed by atoms with E-state index in [1.54, 1.807) is 6.20 Å². The molecule has 0 saturated carbocycles. The summed E-state index contributed by atoms with van der Waals surface area (Å²) in [6.07, 6.45) is 8.86. The Balaban J connectivity index is 1.41. The van der Waals surface area contributed by atoms with Crippen LogP contribution in [0.2, 0.25) is 0 Å².